The summed E-state index contributed by atoms with van der Waals surface area (Å²) >= 11 is 0. The molecule has 2 aromatic rings. The Morgan fingerprint density at radius 1 is 1.21 bits per heavy atom. The molecule has 1 aromatic heterocycles. The Labute approximate surface area is 142 Å². The second kappa shape index (κ2) is 6.40. The van der Waals surface area contributed by atoms with Crippen LogP contribution in [-0.4, -0.2) is 46.5 Å². The van der Waals surface area contributed by atoms with Crippen LogP contribution in [0.3, 0.4) is 0 Å². The third-order valence-electron chi connectivity index (χ3n) is 5.28. The van der Waals surface area contributed by atoms with Gasteiger partial charge in [0.2, 0.25) is 0 Å². The molecule has 126 valence electrons. The summed E-state index contributed by atoms with van der Waals surface area (Å²) in [5, 5.41) is 3.76. The van der Waals surface area contributed by atoms with Crippen molar-refractivity contribution < 1.29 is 9.32 Å². The number of aryl methyl sites for hydroxylation is 1. The zero-order chi connectivity index (χ0) is 16.5. The molecule has 1 amide bonds. The molecule has 0 N–H and O–H groups in total. The number of amides is 1. The highest BCUT2D eigenvalue weighted by Gasteiger charge is 2.38. The molecule has 5 heteroatoms. The van der Waals surface area contributed by atoms with E-state index in [0.29, 0.717) is 17.2 Å². The first kappa shape index (κ1) is 15.4. The Morgan fingerprint density at radius 2 is 2.04 bits per heavy atom. The van der Waals surface area contributed by atoms with Crippen LogP contribution in [0.25, 0.3) is 0 Å². The van der Waals surface area contributed by atoms with Crippen molar-refractivity contribution in [3.8, 4) is 0 Å². The van der Waals surface area contributed by atoms with Gasteiger partial charge in [-0.1, -0.05) is 35.5 Å². The second-order valence-electron chi connectivity index (χ2n) is 7.03. The van der Waals surface area contributed by atoms with E-state index in [2.05, 4.69) is 45.3 Å². The number of carbonyl (C=O) groups is 1. The molecular formula is C19H23N3O2. The first-order valence-electron chi connectivity index (χ1n) is 8.69. The highest BCUT2D eigenvalue weighted by molar-refractivity contribution is 5.95. The van der Waals surface area contributed by atoms with Crippen molar-refractivity contribution in [2.24, 2.45) is 5.92 Å². The van der Waals surface area contributed by atoms with Gasteiger partial charge in [0.1, 0.15) is 11.3 Å². The maximum absolute atomic E-state index is 12.9. The average Bonchev–Trinajstić information content (AvgIpc) is 2.83. The van der Waals surface area contributed by atoms with Crippen molar-refractivity contribution in [2.45, 2.75) is 32.4 Å². The summed E-state index contributed by atoms with van der Waals surface area (Å²) < 4.78 is 5.08. The molecule has 3 aliphatic rings. The van der Waals surface area contributed by atoms with Crippen LogP contribution in [0.5, 0.6) is 0 Å². The summed E-state index contributed by atoms with van der Waals surface area (Å²) in [6.45, 7) is 5.62. The van der Waals surface area contributed by atoms with Crippen LogP contribution in [0.2, 0.25) is 0 Å². The number of piperidine rings is 1. The highest BCUT2D eigenvalue weighted by Crippen LogP contribution is 2.30. The topological polar surface area (TPSA) is 49.6 Å². The fourth-order valence-corrected chi connectivity index (χ4v) is 4.06. The van der Waals surface area contributed by atoms with Gasteiger partial charge in [0, 0.05) is 32.2 Å². The number of aromatic nitrogens is 1. The molecule has 0 saturated carbocycles. The zero-order valence-corrected chi connectivity index (χ0v) is 14.0. The van der Waals surface area contributed by atoms with Crippen molar-refractivity contribution in [1.29, 1.82) is 0 Å². The lowest BCUT2D eigenvalue weighted by Crippen LogP contribution is -2.47. The van der Waals surface area contributed by atoms with E-state index in [4.69, 9.17) is 4.52 Å². The predicted molar refractivity (Wildman–Crippen MR) is 90.5 cm³/mol. The Morgan fingerprint density at radius 3 is 2.79 bits per heavy atom. The first-order chi connectivity index (χ1) is 11.7. The molecule has 0 radical (unpaired) electrons. The lowest BCUT2D eigenvalue weighted by atomic mass is 9.94. The van der Waals surface area contributed by atoms with E-state index in [1.807, 2.05) is 0 Å². The fourth-order valence-electron chi connectivity index (χ4n) is 4.06. The Kier molecular flexibility index (Phi) is 4.10. The SMILES string of the molecule is Cc1oncc1C(=O)N1C[C@@H]2CC[C@H]1CN(Cc1ccccc1)C2. The molecule has 2 atom stereocenters. The van der Waals surface area contributed by atoms with Crippen LogP contribution in [0, 0.1) is 12.8 Å². The highest BCUT2D eigenvalue weighted by atomic mass is 16.5. The van der Waals surface area contributed by atoms with Crippen LogP contribution in [0.1, 0.15) is 34.5 Å². The van der Waals surface area contributed by atoms with Gasteiger partial charge in [-0.05, 0) is 31.2 Å². The summed E-state index contributed by atoms with van der Waals surface area (Å²) in [5.41, 5.74) is 1.95. The van der Waals surface area contributed by atoms with Gasteiger partial charge in [-0.15, -0.1) is 0 Å². The van der Waals surface area contributed by atoms with Gasteiger partial charge >= 0.3 is 0 Å². The molecule has 3 aliphatic heterocycles. The molecule has 3 fully saturated rings. The normalized spacial score (nSPS) is 24.1. The summed E-state index contributed by atoms with van der Waals surface area (Å²) in [5.74, 6) is 1.24. The minimum Gasteiger partial charge on any atom is -0.361 e. The van der Waals surface area contributed by atoms with Crippen LogP contribution < -0.4 is 0 Å². The van der Waals surface area contributed by atoms with Gasteiger partial charge in [-0.3, -0.25) is 9.69 Å². The lowest BCUT2D eigenvalue weighted by molar-refractivity contribution is 0.0583. The summed E-state index contributed by atoms with van der Waals surface area (Å²) in [6, 6.07) is 10.9. The van der Waals surface area contributed by atoms with Crippen molar-refractivity contribution in [3.05, 3.63) is 53.4 Å². The molecule has 0 aliphatic carbocycles. The van der Waals surface area contributed by atoms with Crippen LogP contribution in [0.15, 0.2) is 41.1 Å². The van der Waals surface area contributed by atoms with Gasteiger partial charge in [-0.25, -0.2) is 0 Å². The van der Waals surface area contributed by atoms with Crippen molar-refractivity contribution in [3.63, 3.8) is 0 Å². The van der Waals surface area contributed by atoms with Gasteiger partial charge < -0.3 is 9.42 Å². The Balaban J connectivity index is 1.51. The summed E-state index contributed by atoms with van der Waals surface area (Å²) in [6.07, 6.45) is 3.85. The molecular weight excluding hydrogens is 302 g/mol. The van der Waals surface area contributed by atoms with Gasteiger partial charge in [0.15, 0.2) is 0 Å². The van der Waals surface area contributed by atoms with E-state index >= 15 is 0 Å². The second-order valence-corrected chi connectivity index (χ2v) is 7.03. The smallest absolute Gasteiger partial charge is 0.259 e. The number of carbonyl (C=O) groups excluding carboxylic acids is 1. The molecule has 24 heavy (non-hydrogen) atoms. The molecule has 2 bridgehead atoms. The molecule has 5 rings (SSSR count). The lowest BCUT2D eigenvalue weighted by Gasteiger charge is -2.36. The maximum atomic E-state index is 12.9. The number of hydrogen-bond acceptors (Lipinski definition) is 4. The predicted octanol–water partition coefficient (Wildman–Crippen LogP) is 2.72. The average molecular weight is 325 g/mol. The van der Waals surface area contributed by atoms with E-state index in [1.165, 1.54) is 12.0 Å². The van der Waals surface area contributed by atoms with E-state index in [0.717, 1.165) is 32.6 Å². The molecule has 0 spiro atoms. The minimum atomic E-state index is 0.0741. The van der Waals surface area contributed by atoms with E-state index < -0.39 is 0 Å². The standard InChI is InChI=1S/C19H23N3O2/c1-14-18(9-20-24-14)19(23)22-12-16-7-8-17(22)13-21(11-16)10-15-5-3-2-4-6-15/h2-6,9,16-17H,7-8,10-13H2,1H3/t16-,17+/m1/s1. The van der Waals surface area contributed by atoms with Crippen molar-refractivity contribution >= 4 is 5.91 Å². The molecule has 0 unspecified atom stereocenters. The van der Waals surface area contributed by atoms with E-state index in [-0.39, 0.29) is 11.9 Å². The molecule has 3 saturated heterocycles. The van der Waals surface area contributed by atoms with Crippen LogP contribution in [-0.2, 0) is 6.54 Å². The number of benzene rings is 1. The third kappa shape index (κ3) is 2.96. The molecule has 4 heterocycles. The third-order valence-corrected chi connectivity index (χ3v) is 5.28. The number of fused-ring (bicyclic) bond motifs is 4. The number of nitrogens with zero attached hydrogens (tertiary/aromatic N) is 3. The van der Waals surface area contributed by atoms with E-state index in [1.54, 1.807) is 13.1 Å². The molecule has 1 aromatic carbocycles. The zero-order valence-electron chi connectivity index (χ0n) is 14.0. The number of hydrogen-bond donors (Lipinski definition) is 0. The van der Waals surface area contributed by atoms with E-state index in [9.17, 15) is 4.79 Å². The number of rotatable bonds is 3. The summed E-state index contributed by atoms with van der Waals surface area (Å²) in [4.78, 5) is 17.5. The largest absolute Gasteiger partial charge is 0.361 e. The quantitative estimate of drug-likeness (QED) is 0.871. The molecule has 5 nitrogen and oxygen atoms in total. The van der Waals surface area contributed by atoms with Gasteiger partial charge in [0.25, 0.3) is 5.91 Å². The Hall–Kier alpha value is -2.14. The van der Waals surface area contributed by atoms with Crippen molar-refractivity contribution in [2.75, 3.05) is 19.6 Å². The minimum absolute atomic E-state index is 0.0741. The van der Waals surface area contributed by atoms with Crippen molar-refractivity contribution in [1.82, 2.24) is 15.0 Å². The fraction of sp³-hybridized carbons (Fsp3) is 0.474. The summed E-state index contributed by atoms with van der Waals surface area (Å²) in [7, 11) is 0. The maximum Gasteiger partial charge on any atom is 0.259 e. The van der Waals surface area contributed by atoms with Crippen LogP contribution in [0.4, 0.5) is 0 Å². The first-order valence-corrected chi connectivity index (χ1v) is 8.69. The Bertz CT molecular complexity index is 712. The van der Waals surface area contributed by atoms with Gasteiger partial charge in [0.05, 0.1) is 6.20 Å². The van der Waals surface area contributed by atoms with Gasteiger partial charge in [-0.2, -0.15) is 0 Å². The monoisotopic (exact) mass is 325 g/mol. The van der Waals surface area contributed by atoms with Crippen LogP contribution >= 0.6 is 0 Å².